The maximum Gasteiger partial charge on any atom is 0.246 e. The molecule has 0 bridgehead atoms. The Bertz CT molecular complexity index is 914. The van der Waals surface area contributed by atoms with Crippen molar-refractivity contribution < 1.29 is 4.79 Å². The largest absolute Gasteiger partial charge is 0.352 e. The van der Waals surface area contributed by atoms with E-state index in [1.807, 2.05) is 11.0 Å². The number of nitrogens with zero attached hydrogens (tertiary/aromatic N) is 5. The van der Waals surface area contributed by atoms with Crippen LogP contribution in [-0.4, -0.2) is 42.0 Å². The van der Waals surface area contributed by atoms with E-state index in [1.54, 1.807) is 47.5 Å². The average Bonchev–Trinajstić information content (AvgIpc) is 2.72. The van der Waals surface area contributed by atoms with Crippen molar-refractivity contribution in [2.45, 2.75) is 0 Å². The predicted molar refractivity (Wildman–Crippen MR) is 97.9 cm³/mol. The Hall–Kier alpha value is -3.64. The van der Waals surface area contributed by atoms with Gasteiger partial charge in [-0.3, -0.25) is 4.79 Å². The fraction of sp³-hybridized carbons (Fsp3) is 0.200. The van der Waals surface area contributed by atoms with Crippen LogP contribution in [0.3, 0.4) is 0 Å². The van der Waals surface area contributed by atoms with Crippen molar-refractivity contribution in [3.8, 4) is 12.1 Å². The molecular weight excluding hydrogens is 326 g/mol. The number of nitriles is 2. The Morgan fingerprint density at radius 2 is 1.88 bits per heavy atom. The molecule has 1 aliphatic rings. The molecule has 0 spiro atoms. The van der Waals surface area contributed by atoms with E-state index in [2.05, 4.69) is 17.1 Å². The highest BCUT2D eigenvalue weighted by molar-refractivity contribution is 5.92. The van der Waals surface area contributed by atoms with Gasteiger partial charge in [-0.2, -0.15) is 10.5 Å². The number of carbonyl (C=O) groups is 1. The Balaban J connectivity index is 1.61. The highest BCUT2D eigenvalue weighted by Crippen LogP contribution is 2.18. The van der Waals surface area contributed by atoms with Crippen molar-refractivity contribution in [3.05, 3.63) is 65.4 Å². The van der Waals surface area contributed by atoms with Gasteiger partial charge in [0.2, 0.25) is 5.91 Å². The van der Waals surface area contributed by atoms with Crippen molar-refractivity contribution in [2.75, 3.05) is 31.1 Å². The normalized spacial score (nSPS) is 14.1. The van der Waals surface area contributed by atoms with Crippen LogP contribution >= 0.6 is 0 Å². The molecule has 1 fully saturated rings. The van der Waals surface area contributed by atoms with Crippen LogP contribution < -0.4 is 4.90 Å². The quantitative estimate of drug-likeness (QED) is 0.798. The number of hydrogen-bond acceptors (Lipinski definition) is 5. The molecule has 2 heterocycles. The lowest BCUT2D eigenvalue weighted by Crippen LogP contribution is -2.48. The molecule has 0 aliphatic carbocycles. The van der Waals surface area contributed by atoms with Gasteiger partial charge in [-0.25, -0.2) is 4.98 Å². The van der Waals surface area contributed by atoms with E-state index >= 15 is 0 Å². The Labute approximate surface area is 152 Å². The van der Waals surface area contributed by atoms with Crippen LogP contribution in [-0.2, 0) is 4.79 Å². The van der Waals surface area contributed by atoms with E-state index in [-0.39, 0.29) is 5.91 Å². The number of amides is 1. The summed E-state index contributed by atoms with van der Waals surface area (Å²) in [7, 11) is 0. The van der Waals surface area contributed by atoms with Gasteiger partial charge < -0.3 is 9.80 Å². The van der Waals surface area contributed by atoms with Crippen LogP contribution in [0.4, 0.5) is 5.82 Å². The summed E-state index contributed by atoms with van der Waals surface area (Å²) in [5.74, 6) is 0.611. The molecule has 6 heteroatoms. The Morgan fingerprint density at radius 3 is 2.62 bits per heavy atom. The summed E-state index contributed by atoms with van der Waals surface area (Å²) in [6.45, 7) is 2.41. The first-order valence-electron chi connectivity index (χ1n) is 8.28. The second kappa shape index (κ2) is 7.96. The van der Waals surface area contributed by atoms with Crippen LogP contribution in [0.15, 0.2) is 48.7 Å². The van der Waals surface area contributed by atoms with Crippen molar-refractivity contribution in [3.63, 3.8) is 0 Å². The number of piperazine rings is 1. The number of carbonyl (C=O) groups excluding carboxylic acids is 1. The topological polar surface area (TPSA) is 84.0 Å². The molecule has 0 atom stereocenters. The van der Waals surface area contributed by atoms with Crippen molar-refractivity contribution >= 4 is 17.8 Å². The molecule has 1 aromatic carbocycles. The molecule has 1 amide bonds. The lowest BCUT2D eigenvalue weighted by atomic mass is 10.1. The third-order valence-corrected chi connectivity index (χ3v) is 4.23. The van der Waals surface area contributed by atoms with Gasteiger partial charge in [0.25, 0.3) is 0 Å². The second-order valence-electron chi connectivity index (χ2n) is 5.87. The predicted octanol–water partition coefficient (Wildman–Crippen LogP) is 2.19. The van der Waals surface area contributed by atoms with Crippen LogP contribution in [0.25, 0.3) is 6.08 Å². The molecular formula is C20H17N5O. The standard InChI is InChI=1S/C20H17N5O/c21-14-17-4-1-3-16(13-17)6-7-19(26)24-9-11-25(12-10-24)20-18(15-22)5-2-8-23-20/h1-8,13H,9-12H2/b7-6+. The van der Waals surface area contributed by atoms with Gasteiger partial charge in [0.15, 0.2) is 0 Å². The molecule has 0 saturated carbocycles. The fourth-order valence-corrected chi connectivity index (χ4v) is 2.86. The van der Waals surface area contributed by atoms with Crippen molar-refractivity contribution in [1.82, 2.24) is 9.88 Å². The average molecular weight is 343 g/mol. The fourth-order valence-electron chi connectivity index (χ4n) is 2.86. The van der Waals surface area contributed by atoms with Crippen LogP contribution in [0, 0.1) is 22.7 Å². The van der Waals surface area contributed by atoms with E-state index in [9.17, 15) is 10.1 Å². The summed E-state index contributed by atoms with van der Waals surface area (Å²) in [6.07, 6.45) is 4.93. The smallest absolute Gasteiger partial charge is 0.246 e. The van der Waals surface area contributed by atoms with Crippen molar-refractivity contribution in [2.24, 2.45) is 0 Å². The van der Waals surface area contributed by atoms with Gasteiger partial charge in [0.05, 0.1) is 17.2 Å². The maximum absolute atomic E-state index is 12.4. The van der Waals surface area contributed by atoms with Gasteiger partial charge in [-0.15, -0.1) is 0 Å². The molecule has 0 radical (unpaired) electrons. The molecule has 26 heavy (non-hydrogen) atoms. The van der Waals surface area contributed by atoms with Gasteiger partial charge in [0.1, 0.15) is 11.9 Å². The number of anilines is 1. The van der Waals surface area contributed by atoms with Gasteiger partial charge >= 0.3 is 0 Å². The van der Waals surface area contributed by atoms with Crippen LogP contribution in [0.1, 0.15) is 16.7 Å². The Morgan fingerprint density at radius 1 is 1.08 bits per heavy atom. The number of benzene rings is 1. The first kappa shape index (κ1) is 17.2. The Kier molecular flexibility index (Phi) is 5.26. The first-order chi connectivity index (χ1) is 12.7. The van der Waals surface area contributed by atoms with Gasteiger partial charge in [-0.05, 0) is 35.9 Å². The molecule has 0 N–H and O–H groups in total. The highest BCUT2D eigenvalue weighted by atomic mass is 16.2. The molecule has 0 unspecified atom stereocenters. The van der Waals surface area contributed by atoms with Gasteiger partial charge in [0, 0.05) is 38.5 Å². The zero-order chi connectivity index (χ0) is 18.4. The van der Waals surface area contributed by atoms with Crippen LogP contribution in [0.5, 0.6) is 0 Å². The summed E-state index contributed by atoms with van der Waals surface area (Å²) < 4.78 is 0. The van der Waals surface area contributed by atoms with E-state index in [0.717, 1.165) is 5.56 Å². The summed E-state index contributed by atoms with van der Waals surface area (Å²) >= 11 is 0. The molecule has 3 rings (SSSR count). The summed E-state index contributed by atoms with van der Waals surface area (Å²) in [4.78, 5) is 20.5. The molecule has 128 valence electrons. The minimum Gasteiger partial charge on any atom is -0.352 e. The summed E-state index contributed by atoms with van der Waals surface area (Å²) in [6, 6.07) is 14.8. The third-order valence-electron chi connectivity index (χ3n) is 4.23. The third kappa shape index (κ3) is 3.88. The number of pyridine rings is 1. The number of hydrogen-bond donors (Lipinski definition) is 0. The van der Waals surface area contributed by atoms with Gasteiger partial charge in [-0.1, -0.05) is 12.1 Å². The molecule has 1 aliphatic heterocycles. The minimum atomic E-state index is -0.0615. The van der Waals surface area contributed by atoms with E-state index in [4.69, 9.17) is 5.26 Å². The molecule has 6 nitrogen and oxygen atoms in total. The number of rotatable bonds is 3. The highest BCUT2D eigenvalue weighted by Gasteiger charge is 2.22. The first-order valence-corrected chi connectivity index (χ1v) is 8.28. The lowest BCUT2D eigenvalue weighted by Gasteiger charge is -2.35. The number of aromatic nitrogens is 1. The summed E-state index contributed by atoms with van der Waals surface area (Å²) in [5, 5.41) is 18.1. The monoisotopic (exact) mass is 343 g/mol. The molecule has 1 aromatic heterocycles. The molecule has 2 aromatic rings. The summed E-state index contributed by atoms with van der Waals surface area (Å²) in [5.41, 5.74) is 1.93. The SMILES string of the molecule is N#Cc1cccc(/C=C/C(=O)N2CCN(c3ncccc3C#N)CC2)c1. The van der Waals surface area contributed by atoms with Crippen molar-refractivity contribution in [1.29, 1.82) is 10.5 Å². The van der Waals surface area contributed by atoms with Crippen LogP contribution in [0.2, 0.25) is 0 Å². The second-order valence-corrected chi connectivity index (χ2v) is 5.87. The van der Waals surface area contributed by atoms with E-state index < -0.39 is 0 Å². The van der Waals surface area contributed by atoms with E-state index in [0.29, 0.717) is 43.1 Å². The maximum atomic E-state index is 12.4. The minimum absolute atomic E-state index is 0.0615. The zero-order valence-electron chi connectivity index (χ0n) is 14.2. The molecule has 1 saturated heterocycles. The lowest BCUT2D eigenvalue weighted by molar-refractivity contribution is -0.126. The van der Waals surface area contributed by atoms with E-state index in [1.165, 1.54) is 6.08 Å². The zero-order valence-corrected chi connectivity index (χ0v) is 14.2.